The van der Waals surface area contributed by atoms with Gasteiger partial charge in [0.2, 0.25) is 0 Å². The summed E-state index contributed by atoms with van der Waals surface area (Å²) >= 11 is 0. The van der Waals surface area contributed by atoms with E-state index in [1.54, 1.807) is 0 Å². The molecule has 1 heterocycles. The molecule has 0 aliphatic heterocycles. The van der Waals surface area contributed by atoms with Gasteiger partial charge in [0.25, 0.3) is 0 Å². The zero-order valence-electron chi connectivity index (χ0n) is 13.3. The number of benzene rings is 1. The molecule has 0 unspecified atom stereocenters. The lowest BCUT2D eigenvalue weighted by molar-refractivity contribution is 0.524. The van der Waals surface area contributed by atoms with Crippen LogP contribution in [0.1, 0.15) is 39.7 Å². The first-order valence-electron chi connectivity index (χ1n) is 7.84. The molecule has 1 N–H and O–H groups in total. The number of hydrogen-bond donors (Lipinski definition) is 1. The highest BCUT2D eigenvalue weighted by atomic mass is 14.9. The highest BCUT2D eigenvalue weighted by molar-refractivity contribution is 5.80. The van der Waals surface area contributed by atoms with E-state index in [0.29, 0.717) is 5.92 Å². The molecule has 0 aliphatic rings. The van der Waals surface area contributed by atoms with Crippen LogP contribution in [0.3, 0.4) is 0 Å². The van der Waals surface area contributed by atoms with Gasteiger partial charge in [-0.1, -0.05) is 33.8 Å². The summed E-state index contributed by atoms with van der Waals surface area (Å²) in [7, 11) is 0. The lowest BCUT2D eigenvalue weighted by Crippen LogP contribution is -2.18. The van der Waals surface area contributed by atoms with Crippen molar-refractivity contribution in [3.8, 4) is 0 Å². The van der Waals surface area contributed by atoms with Gasteiger partial charge in [-0.3, -0.25) is 0 Å². The van der Waals surface area contributed by atoms with Crippen LogP contribution in [0.15, 0.2) is 30.5 Å². The molecule has 0 aliphatic carbocycles. The smallest absolute Gasteiger partial charge is 0.0480 e. The summed E-state index contributed by atoms with van der Waals surface area (Å²) in [6.07, 6.45) is 3.46. The van der Waals surface area contributed by atoms with E-state index in [0.717, 1.165) is 25.6 Å². The normalized spacial score (nSPS) is 11.9. The van der Waals surface area contributed by atoms with Crippen molar-refractivity contribution in [3.05, 3.63) is 36.0 Å². The second-order valence-electron chi connectivity index (χ2n) is 6.61. The molecule has 0 amide bonds. The maximum atomic E-state index is 3.51. The minimum atomic E-state index is 0.704. The monoisotopic (exact) mass is 272 g/mol. The fraction of sp³-hybridized carbons (Fsp3) is 0.556. The molecule has 0 fully saturated rings. The molecule has 2 heteroatoms. The van der Waals surface area contributed by atoms with Crippen molar-refractivity contribution in [3.63, 3.8) is 0 Å². The van der Waals surface area contributed by atoms with Crippen molar-refractivity contribution in [2.24, 2.45) is 11.8 Å². The van der Waals surface area contributed by atoms with Gasteiger partial charge in [0.05, 0.1) is 0 Å². The largest absolute Gasteiger partial charge is 0.347 e. The molecule has 0 saturated heterocycles. The molecule has 0 atom stereocenters. The zero-order valence-corrected chi connectivity index (χ0v) is 13.3. The van der Waals surface area contributed by atoms with Crippen molar-refractivity contribution in [2.45, 2.75) is 47.2 Å². The first-order valence-corrected chi connectivity index (χ1v) is 7.84. The predicted molar refractivity (Wildman–Crippen MR) is 87.9 cm³/mol. The molecule has 2 aromatic rings. The zero-order chi connectivity index (χ0) is 14.5. The fourth-order valence-corrected chi connectivity index (χ4v) is 2.46. The van der Waals surface area contributed by atoms with Gasteiger partial charge in [0, 0.05) is 24.8 Å². The van der Waals surface area contributed by atoms with Gasteiger partial charge < -0.3 is 9.88 Å². The Balaban J connectivity index is 2.04. The maximum absolute atomic E-state index is 3.51. The van der Waals surface area contributed by atoms with Crippen LogP contribution in [0, 0.1) is 11.8 Å². The quantitative estimate of drug-likeness (QED) is 0.789. The van der Waals surface area contributed by atoms with E-state index in [-0.39, 0.29) is 0 Å². The average molecular weight is 272 g/mol. The van der Waals surface area contributed by atoms with Crippen LogP contribution in [-0.4, -0.2) is 11.1 Å². The third-order valence-corrected chi connectivity index (χ3v) is 3.66. The highest BCUT2D eigenvalue weighted by Gasteiger charge is 2.03. The molecule has 0 radical (unpaired) electrons. The third kappa shape index (κ3) is 4.11. The molecular formula is C18H28N2. The number of nitrogens with one attached hydrogen (secondary N) is 1. The van der Waals surface area contributed by atoms with E-state index >= 15 is 0 Å². The molecule has 1 aromatic carbocycles. The van der Waals surface area contributed by atoms with E-state index in [2.05, 4.69) is 68.0 Å². The second kappa shape index (κ2) is 6.94. The van der Waals surface area contributed by atoms with Crippen LogP contribution in [0.5, 0.6) is 0 Å². The average Bonchev–Trinajstić information content (AvgIpc) is 2.78. The van der Waals surface area contributed by atoms with Gasteiger partial charge in [0.15, 0.2) is 0 Å². The summed E-state index contributed by atoms with van der Waals surface area (Å²) in [5.41, 5.74) is 2.73. The summed E-state index contributed by atoms with van der Waals surface area (Å²) < 4.78 is 2.38. The minimum absolute atomic E-state index is 0.704. The van der Waals surface area contributed by atoms with Gasteiger partial charge >= 0.3 is 0 Å². The van der Waals surface area contributed by atoms with Gasteiger partial charge in [0.1, 0.15) is 0 Å². The number of rotatable bonds is 7. The Morgan fingerprint density at radius 2 is 1.85 bits per heavy atom. The number of hydrogen-bond acceptors (Lipinski definition) is 1. The molecule has 0 saturated carbocycles. The Bertz CT molecular complexity index is 537. The third-order valence-electron chi connectivity index (χ3n) is 3.66. The van der Waals surface area contributed by atoms with Crippen LogP contribution in [0.2, 0.25) is 0 Å². The molecular weight excluding hydrogens is 244 g/mol. The van der Waals surface area contributed by atoms with Gasteiger partial charge in [-0.25, -0.2) is 0 Å². The van der Waals surface area contributed by atoms with Crippen molar-refractivity contribution in [1.29, 1.82) is 0 Å². The topological polar surface area (TPSA) is 17.0 Å². The second-order valence-corrected chi connectivity index (χ2v) is 6.61. The van der Waals surface area contributed by atoms with E-state index in [1.807, 2.05) is 0 Å². The Labute approximate surface area is 123 Å². The standard InChI is InChI=1S/C18H28N2/c1-14(2)7-9-20-10-8-17-11-16(5-6-18(17)20)13-19-12-15(3)4/h5-6,8,10-11,14-15,19H,7,9,12-13H2,1-4H3. The van der Waals surface area contributed by atoms with Crippen molar-refractivity contribution < 1.29 is 0 Å². The number of aryl methyl sites for hydroxylation is 1. The Morgan fingerprint density at radius 3 is 2.55 bits per heavy atom. The number of aromatic nitrogens is 1. The molecule has 2 nitrogen and oxygen atoms in total. The van der Waals surface area contributed by atoms with Crippen LogP contribution < -0.4 is 5.32 Å². The Kier molecular flexibility index (Phi) is 5.24. The van der Waals surface area contributed by atoms with Gasteiger partial charge in [-0.15, -0.1) is 0 Å². The van der Waals surface area contributed by atoms with E-state index < -0.39 is 0 Å². The minimum Gasteiger partial charge on any atom is -0.347 e. The number of nitrogens with zero attached hydrogens (tertiary/aromatic N) is 1. The molecule has 20 heavy (non-hydrogen) atoms. The summed E-state index contributed by atoms with van der Waals surface area (Å²) in [6, 6.07) is 9.07. The first-order chi connectivity index (χ1) is 9.56. The highest BCUT2D eigenvalue weighted by Crippen LogP contribution is 2.19. The summed E-state index contributed by atoms with van der Waals surface area (Å²) in [4.78, 5) is 0. The van der Waals surface area contributed by atoms with Gasteiger partial charge in [-0.2, -0.15) is 0 Å². The summed E-state index contributed by atoms with van der Waals surface area (Å²) in [5, 5.41) is 4.86. The van der Waals surface area contributed by atoms with Crippen LogP contribution in [0.4, 0.5) is 0 Å². The summed E-state index contributed by atoms with van der Waals surface area (Å²) in [6.45, 7) is 12.2. The van der Waals surface area contributed by atoms with Crippen LogP contribution >= 0.6 is 0 Å². The van der Waals surface area contributed by atoms with Crippen LogP contribution in [-0.2, 0) is 13.1 Å². The van der Waals surface area contributed by atoms with Crippen molar-refractivity contribution in [2.75, 3.05) is 6.54 Å². The van der Waals surface area contributed by atoms with Crippen LogP contribution in [0.25, 0.3) is 10.9 Å². The molecule has 0 spiro atoms. The van der Waals surface area contributed by atoms with E-state index in [1.165, 1.54) is 22.9 Å². The van der Waals surface area contributed by atoms with E-state index in [9.17, 15) is 0 Å². The lowest BCUT2D eigenvalue weighted by atomic mass is 10.1. The lowest BCUT2D eigenvalue weighted by Gasteiger charge is -2.09. The first kappa shape index (κ1) is 15.1. The SMILES string of the molecule is CC(C)CCn1ccc2cc(CNCC(C)C)ccc21. The van der Waals surface area contributed by atoms with Crippen molar-refractivity contribution in [1.82, 2.24) is 9.88 Å². The maximum Gasteiger partial charge on any atom is 0.0480 e. The predicted octanol–water partition coefficient (Wildman–Crippen LogP) is 4.43. The van der Waals surface area contributed by atoms with Gasteiger partial charge in [-0.05, 0) is 54.0 Å². The number of fused-ring (bicyclic) bond motifs is 1. The molecule has 0 bridgehead atoms. The van der Waals surface area contributed by atoms with E-state index in [4.69, 9.17) is 0 Å². The summed E-state index contributed by atoms with van der Waals surface area (Å²) in [5.74, 6) is 1.46. The van der Waals surface area contributed by atoms with Crippen molar-refractivity contribution >= 4 is 10.9 Å². The Hall–Kier alpha value is -1.28. The Morgan fingerprint density at radius 1 is 1.05 bits per heavy atom. The molecule has 1 aromatic heterocycles. The molecule has 110 valence electrons. The fourth-order valence-electron chi connectivity index (χ4n) is 2.46. The molecule has 2 rings (SSSR count).